The molecule has 0 unspecified atom stereocenters. The van der Waals surface area contributed by atoms with Crippen molar-refractivity contribution in [3.63, 3.8) is 0 Å². The van der Waals surface area contributed by atoms with Gasteiger partial charge in [-0.3, -0.25) is 4.79 Å². The van der Waals surface area contributed by atoms with Crippen molar-refractivity contribution in [2.45, 2.75) is 19.3 Å². The normalized spacial score (nSPS) is 16.6. The van der Waals surface area contributed by atoms with Gasteiger partial charge in [0, 0.05) is 6.54 Å². The first-order chi connectivity index (χ1) is 9.62. The molecule has 1 saturated carbocycles. The standard InChI is InChI=1S/C14H19N3O3/c1-20-11-4-2-3-10(9-11)5-8-16-13(18)14(6-7-14)12(15)17-19/h2-4,9,19H,5-8H2,1H3,(H2,15,17)(H,16,18). The number of amides is 1. The highest BCUT2D eigenvalue weighted by molar-refractivity contribution is 6.09. The maximum absolute atomic E-state index is 12.0. The van der Waals surface area contributed by atoms with Crippen molar-refractivity contribution in [3.8, 4) is 5.75 Å². The largest absolute Gasteiger partial charge is 0.497 e. The summed E-state index contributed by atoms with van der Waals surface area (Å²) < 4.78 is 5.15. The van der Waals surface area contributed by atoms with Gasteiger partial charge in [-0.05, 0) is 37.0 Å². The van der Waals surface area contributed by atoms with Gasteiger partial charge >= 0.3 is 0 Å². The number of nitrogens with two attached hydrogens (primary N) is 1. The van der Waals surface area contributed by atoms with E-state index >= 15 is 0 Å². The Bertz CT molecular complexity index is 524. The Kier molecular flexibility index (Phi) is 4.12. The van der Waals surface area contributed by atoms with Crippen molar-refractivity contribution in [2.24, 2.45) is 16.3 Å². The predicted octanol–water partition coefficient (Wildman–Crippen LogP) is 0.880. The number of nitrogens with zero attached hydrogens (tertiary/aromatic N) is 1. The van der Waals surface area contributed by atoms with E-state index in [1.807, 2.05) is 24.3 Å². The molecule has 6 nitrogen and oxygen atoms in total. The molecule has 6 heteroatoms. The van der Waals surface area contributed by atoms with Gasteiger partial charge in [-0.25, -0.2) is 0 Å². The topological polar surface area (TPSA) is 96.9 Å². The molecule has 108 valence electrons. The number of methoxy groups -OCH3 is 1. The molecule has 1 aromatic rings. The molecule has 0 spiro atoms. The van der Waals surface area contributed by atoms with Crippen LogP contribution in [0, 0.1) is 5.41 Å². The van der Waals surface area contributed by atoms with Crippen LogP contribution in [-0.4, -0.2) is 30.6 Å². The smallest absolute Gasteiger partial charge is 0.233 e. The molecule has 1 amide bonds. The van der Waals surface area contributed by atoms with E-state index in [-0.39, 0.29) is 11.7 Å². The molecule has 0 aromatic heterocycles. The highest BCUT2D eigenvalue weighted by atomic mass is 16.5. The van der Waals surface area contributed by atoms with Gasteiger partial charge in [-0.15, -0.1) is 0 Å². The summed E-state index contributed by atoms with van der Waals surface area (Å²) in [4.78, 5) is 12.0. The first-order valence-corrected chi connectivity index (χ1v) is 6.51. The fourth-order valence-electron chi connectivity index (χ4n) is 2.14. The molecule has 0 radical (unpaired) electrons. The zero-order valence-electron chi connectivity index (χ0n) is 11.4. The van der Waals surface area contributed by atoms with E-state index in [9.17, 15) is 4.79 Å². The summed E-state index contributed by atoms with van der Waals surface area (Å²) in [5.74, 6) is 0.622. The van der Waals surface area contributed by atoms with E-state index in [1.165, 1.54) is 0 Å². The van der Waals surface area contributed by atoms with Crippen LogP contribution in [-0.2, 0) is 11.2 Å². The number of ether oxygens (including phenoxy) is 1. The highest BCUT2D eigenvalue weighted by Gasteiger charge is 2.54. The van der Waals surface area contributed by atoms with Crippen LogP contribution in [0.25, 0.3) is 0 Å². The van der Waals surface area contributed by atoms with Crippen LogP contribution >= 0.6 is 0 Å². The summed E-state index contributed by atoms with van der Waals surface area (Å²) in [5, 5.41) is 14.5. The third kappa shape index (κ3) is 2.84. The quantitative estimate of drug-likeness (QED) is 0.311. The molecule has 1 aliphatic carbocycles. The highest BCUT2D eigenvalue weighted by Crippen LogP contribution is 2.45. The average molecular weight is 277 g/mol. The number of carbonyl (C=O) groups excluding carboxylic acids is 1. The van der Waals surface area contributed by atoms with Gasteiger partial charge in [-0.1, -0.05) is 17.3 Å². The molecular formula is C14H19N3O3. The predicted molar refractivity (Wildman–Crippen MR) is 74.8 cm³/mol. The van der Waals surface area contributed by atoms with Gasteiger partial charge < -0.3 is 21.0 Å². The minimum atomic E-state index is -0.789. The number of benzene rings is 1. The minimum absolute atomic E-state index is 0.00335. The van der Waals surface area contributed by atoms with E-state index in [1.54, 1.807) is 7.11 Å². The number of rotatable bonds is 6. The van der Waals surface area contributed by atoms with Gasteiger partial charge in [0.2, 0.25) is 5.91 Å². The van der Waals surface area contributed by atoms with Crippen LogP contribution in [0.5, 0.6) is 5.75 Å². The second-order valence-corrected chi connectivity index (χ2v) is 4.92. The fraction of sp³-hybridized carbons (Fsp3) is 0.429. The molecule has 0 heterocycles. The van der Waals surface area contributed by atoms with Crippen LogP contribution in [0.4, 0.5) is 0 Å². The Morgan fingerprint density at radius 1 is 1.55 bits per heavy atom. The lowest BCUT2D eigenvalue weighted by molar-refractivity contribution is -0.124. The van der Waals surface area contributed by atoms with E-state index < -0.39 is 5.41 Å². The molecule has 1 aliphatic rings. The Balaban J connectivity index is 1.85. The summed E-state index contributed by atoms with van der Waals surface area (Å²) in [7, 11) is 1.62. The van der Waals surface area contributed by atoms with Crippen molar-refractivity contribution >= 4 is 11.7 Å². The van der Waals surface area contributed by atoms with Gasteiger partial charge in [0.05, 0.1) is 7.11 Å². The monoisotopic (exact) mass is 277 g/mol. The molecule has 0 aliphatic heterocycles. The first-order valence-electron chi connectivity index (χ1n) is 6.51. The first kappa shape index (κ1) is 14.2. The third-order valence-electron chi connectivity index (χ3n) is 3.62. The third-order valence-corrected chi connectivity index (χ3v) is 3.62. The summed E-state index contributed by atoms with van der Waals surface area (Å²) in [6.07, 6.45) is 1.97. The van der Waals surface area contributed by atoms with Crippen LogP contribution in [0.2, 0.25) is 0 Å². The fourth-order valence-corrected chi connectivity index (χ4v) is 2.14. The van der Waals surface area contributed by atoms with Crippen molar-refractivity contribution in [2.75, 3.05) is 13.7 Å². The number of nitrogens with one attached hydrogen (secondary N) is 1. The van der Waals surface area contributed by atoms with Crippen LogP contribution < -0.4 is 15.8 Å². The van der Waals surface area contributed by atoms with Crippen LogP contribution in [0.3, 0.4) is 0 Å². The van der Waals surface area contributed by atoms with Crippen molar-refractivity contribution < 1.29 is 14.7 Å². The maximum atomic E-state index is 12.0. The summed E-state index contributed by atoms with van der Waals surface area (Å²) in [6.45, 7) is 0.506. The number of hydrogen-bond donors (Lipinski definition) is 3. The molecule has 1 fully saturated rings. The number of carbonyl (C=O) groups is 1. The molecule has 1 aromatic carbocycles. The number of oxime groups is 1. The van der Waals surface area contributed by atoms with Crippen LogP contribution in [0.1, 0.15) is 18.4 Å². The molecule has 0 saturated heterocycles. The SMILES string of the molecule is COc1cccc(CCNC(=O)C2(/C(N)=N/O)CC2)c1. The van der Waals surface area contributed by atoms with Crippen molar-refractivity contribution in [1.82, 2.24) is 5.32 Å². The molecular weight excluding hydrogens is 258 g/mol. The van der Waals surface area contributed by atoms with Gasteiger partial charge in [0.1, 0.15) is 11.2 Å². The molecule has 20 heavy (non-hydrogen) atoms. The summed E-state index contributed by atoms with van der Waals surface area (Å²) in [5.41, 5.74) is 5.85. The number of hydrogen-bond acceptors (Lipinski definition) is 4. The van der Waals surface area contributed by atoms with Gasteiger partial charge in [0.25, 0.3) is 0 Å². The van der Waals surface area contributed by atoms with Crippen molar-refractivity contribution in [3.05, 3.63) is 29.8 Å². The Labute approximate surface area is 117 Å². The maximum Gasteiger partial charge on any atom is 0.233 e. The van der Waals surface area contributed by atoms with E-state index in [2.05, 4.69) is 10.5 Å². The lowest BCUT2D eigenvalue weighted by atomic mass is 10.1. The minimum Gasteiger partial charge on any atom is -0.497 e. The molecule has 2 rings (SSSR count). The molecule has 0 bridgehead atoms. The van der Waals surface area contributed by atoms with E-state index in [0.29, 0.717) is 25.8 Å². The summed E-state index contributed by atoms with van der Waals surface area (Å²) in [6, 6.07) is 7.70. The second-order valence-electron chi connectivity index (χ2n) is 4.92. The van der Waals surface area contributed by atoms with E-state index in [0.717, 1.165) is 11.3 Å². The van der Waals surface area contributed by atoms with Crippen molar-refractivity contribution in [1.29, 1.82) is 0 Å². The van der Waals surface area contributed by atoms with Gasteiger partial charge in [-0.2, -0.15) is 0 Å². The van der Waals surface area contributed by atoms with E-state index in [4.69, 9.17) is 15.7 Å². The van der Waals surface area contributed by atoms with Crippen LogP contribution in [0.15, 0.2) is 29.4 Å². The van der Waals surface area contributed by atoms with Gasteiger partial charge in [0.15, 0.2) is 5.84 Å². The Hall–Kier alpha value is -2.24. The lowest BCUT2D eigenvalue weighted by Crippen LogP contribution is -2.41. The summed E-state index contributed by atoms with van der Waals surface area (Å²) >= 11 is 0. The second kappa shape index (κ2) is 5.81. The Morgan fingerprint density at radius 2 is 2.30 bits per heavy atom. The number of amidine groups is 1. The Morgan fingerprint density at radius 3 is 2.90 bits per heavy atom. The average Bonchev–Trinajstić information content (AvgIpc) is 3.28. The zero-order valence-corrected chi connectivity index (χ0v) is 11.4. The molecule has 4 N–H and O–H groups in total. The zero-order chi connectivity index (χ0) is 14.6. The molecule has 0 atom stereocenters. The lowest BCUT2D eigenvalue weighted by Gasteiger charge is -2.13.